The van der Waals surface area contributed by atoms with Crippen LogP contribution < -0.4 is 9.64 Å². The maximum Gasteiger partial charge on any atom is 0.311 e. The van der Waals surface area contributed by atoms with Gasteiger partial charge in [-0.05, 0) is 24.6 Å². The highest BCUT2D eigenvalue weighted by Gasteiger charge is 2.25. The number of ketones is 1. The summed E-state index contributed by atoms with van der Waals surface area (Å²) in [6.07, 6.45) is 1.13. The van der Waals surface area contributed by atoms with Crippen LogP contribution in [0.5, 0.6) is 5.75 Å². The molecule has 2 aromatic rings. The van der Waals surface area contributed by atoms with E-state index < -0.39 is 23.1 Å². The second-order valence-corrected chi connectivity index (χ2v) is 5.78. The average molecular weight is 358 g/mol. The maximum atomic E-state index is 13.2. The highest BCUT2D eigenvalue weighted by molar-refractivity contribution is 5.97. The van der Waals surface area contributed by atoms with Crippen molar-refractivity contribution in [2.45, 2.75) is 12.8 Å². The highest BCUT2D eigenvalue weighted by atomic mass is 19.1. The molecule has 1 heterocycles. The van der Waals surface area contributed by atoms with Crippen LogP contribution in [0, 0.1) is 15.9 Å². The summed E-state index contributed by atoms with van der Waals surface area (Å²) >= 11 is 0. The third kappa shape index (κ3) is 3.69. The van der Waals surface area contributed by atoms with Gasteiger partial charge in [0, 0.05) is 36.3 Å². The second-order valence-electron chi connectivity index (χ2n) is 5.78. The van der Waals surface area contributed by atoms with Crippen LogP contribution in [-0.4, -0.2) is 29.8 Å². The van der Waals surface area contributed by atoms with Crippen LogP contribution in [0.3, 0.4) is 0 Å². The van der Waals surface area contributed by atoms with Gasteiger partial charge in [-0.25, -0.2) is 4.39 Å². The Morgan fingerprint density at radius 2 is 2.08 bits per heavy atom. The van der Waals surface area contributed by atoms with Gasteiger partial charge in [0.2, 0.25) is 5.91 Å². The monoisotopic (exact) mass is 358 g/mol. The van der Waals surface area contributed by atoms with Crippen molar-refractivity contribution in [3.8, 4) is 5.75 Å². The van der Waals surface area contributed by atoms with Crippen molar-refractivity contribution in [1.82, 2.24) is 0 Å². The predicted molar refractivity (Wildman–Crippen MR) is 90.9 cm³/mol. The summed E-state index contributed by atoms with van der Waals surface area (Å²) in [6.45, 7) is 0.0417. The van der Waals surface area contributed by atoms with Crippen molar-refractivity contribution >= 4 is 23.1 Å². The van der Waals surface area contributed by atoms with Crippen molar-refractivity contribution in [1.29, 1.82) is 0 Å². The average Bonchev–Trinajstić information content (AvgIpc) is 3.05. The number of ether oxygens (including phenoxy) is 1. The summed E-state index contributed by atoms with van der Waals surface area (Å²) in [7, 11) is 0. The fourth-order valence-electron chi connectivity index (χ4n) is 2.75. The van der Waals surface area contributed by atoms with Crippen LogP contribution in [0.2, 0.25) is 0 Å². The largest absolute Gasteiger partial charge is 0.478 e. The Morgan fingerprint density at radius 1 is 1.27 bits per heavy atom. The molecule has 1 fully saturated rings. The van der Waals surface area contributed by atoms with Gasteiger partial charge in [-0.1, -0.05) is 12.1 Å². The van der Waals surface area contributed by atoms with Crippen molar-refractivity contribution in [3.63, 3.8) is 0 Å². The first kappa shape index (κ1) is 17.5. The molecule has 0 bridgehead atoms. The standard InChI is InChI=1S/C18H15FN2O5/c19-13-4-1-3-12(9-13)16(22)11-26-17-10-14(6-7-15(17)21(24)25)20-8-2-5-18(20)23/h1,3-4,6-7,9-10H,2,5,8,11H2. The quantitative estimate of drug-likeness (QED) is 0.450. The number of carbonyl (C=O) groups excluding carboxylic acids is 2. The number of halogens is 1. The minimum absolute atomic E-state index is 0.0689. The number of anilines is 1. The van der Waals surface area contributed by atoms with E-state index in [0.717, 1.165) is 6.07 Å². The van der Waals surface area contributed by atoms with Crippen LogP contribution in [0.25, 0.3) is 0 Å². The molecular formula is C18H15FN2O5. The van der Waals surface area contributed by atoms with E-state index in [2.05, 4.69) is 0 Å². The van der Waals surface area contributed by atoms with Gasteiger partial charge in [0.05, 0.1) is 4.92 Å². The smallest absolute Gasteiger partial charge is 0.311 e. The second kappa shape index (κ2) is 7.30. The van der Waals surface area contributed by atoms with E-state index in [0.29, 0.717) is 25.1 Å². The number of nitrogens with zero attached hydrogens (tertiary/aromatic N) is 2. The molecule has 3 rings (SSSR count). The predicted octanol–water partition coefficient (Wildman–Crippen LogP) is 3.12. The number of nitro groups is 1. The normalized spacial score (nSPS) is 13.7. The van der Waals surface area contributed by atoms with Gasteiger partial charge >= 0.3 is 5.69 Å². The zero-order valence-electron chi connectivity index (χ0n) is 13.7. The Balaban J connectivity index is 1.81. The number of rotatable bonds is 6. The molecule has 0 N–H and O–H groups in total. The van der Waals surface area contributed by atoms with Gasteiger partial charge in [0.25, 0.3) is 0 Å². The molecule has 134 valence electrons. The molecule has 0 unspecified atom stereocenters. The molecule has 26 heavy (non-hydrogen) atoms. The molecule has 0 aromatic heterocycles. The molecule has 0 aliphatic carbocycles. The molecule has 1 saturated heterocycles. The summed E-state index contributed by atoms with van der Waals surface area (Å²) in [5, 5.41) is 11.2. The molecule has 0 atom stereocenters. The van der Waals surface area contributed by atoms with Crippen LogP contribution >= 0.6 is 0 Å². The Hall–Kier alpha value is -3.29. The summed E-state index contributed by atoms with van der Waals surface area (Å²) in [5.41, 5.74) is 0.275. The molecule has 1 amide bonds. The lowest BCUT2D eigenvalue weighted by molar-refractivity contribution is -0.385. The highest BCUT2D eigenvalue weighted by Crippen LogP contribution is 2.33. The van der Waals surface area contributed by atoms with E-state index in [9.17, 15) is 24.1 Å². The van der Waals surface area contributed by atoms with Gasteiger partial charge in [-0.15, -0.1) is 0 Å². The zero-order valence-corrected chi connectivity index (χ0v) is 13.7. The van der Waals surface area contributed by atoms with Crippen LogP contribution in [0.15, 0.2) is 42.5 Å². The first-order valence-corrected chi connectivity index (χ1v) is 7.96. The van der Waals surface area contributed by atoms with Crippen molar-refractivity contribution < 1.29 is 23.6 Å². The Bertz CT molecular complexity index is 884. The van der Waals surface area contributed by atoms with E-state index in [4.69, 9.17) is 4.74 Å². The number of carbonyl (C=O) groups is 2. The van der Waals surface area contributed by atoms with Crippen molar-refractivity contribution in [2.24, 2.45) is 0 Å². The van der Waals surface area contributed by atoms with E-state index in [1.54, 1.807) is 0 Å². The van der Waals surface area contributed by atoms with Crippen molar-refractivity contribution in [3.05, 3.63) is 64.0 Å². The number of hydrogen-bond acceptors (Lipinski definition) is 5. The third-order valence-electron chi connectivity index (χ3n) is 4.03. The molecule has 0 spiro atoms. The van der Waals surface area contributed by atoms with E-state index >= 15 is 0 Å². The SMILES string of the molecule is O=C(COc1cc(N2CCCC2=O)ccc1[N+](=O)[O-])c1cccc(F)c1. The number of amides is 1. The molecule has 0 radical (unpaired) electrons. The summed E-state index contributed by atoms with van der Waals surface area (Å²) in [4.78, 5) is 36.0. The van der Waals surface area contributed by atoms with Crippen LogP contribution in [0.1, 0.15) is 23.2 Å². The van der Waals surface area contributed by atoms with Gasteiger partial charge in [-0.2, -0.15) is 0 Å². The fraction of sp³-hybridized carbons (Fsp3) is 0.222. The molecular weight excluding hydrogens is 343 g/mol. The minimum atomic E-state index is -0.627. The molecule has 0 saturated carbocycles. The first-order chi connectivity index (χ1) is 12.5. The molecule has 8 heteroatoms. The number of hydrogen-bond donors (Lipinski definition) is 0. The number of nitro benzene ring substituents is 1. The zero-order chi connectivity index (χ0) is 18.7. The maximum absolute atomic E-state index is 13.2. The fourth-order valence-corrected chi connectivity index (χ4v) is 2.75. The van der Waals surface area contributed by atoms with E-state index in [1.165, 1.54) is 41.3 Å². The lowest BCUT2D eigenvalue weighted by Crippen LogP contribution is -2.23. The minimum Gasteiger partial charge on any atom is -0.478 e. The Morgan fingerprint density at radius 3 is 2.73 bits per heavy atom. The lowest BCUT2D eigenvalue weighted by atomic mass is 10.1. The Labute approximate surface area is 148 Å². The first-order valence-electron chi connectivity index (χ1n) is 7.96. The van der Waals surface area contributed by atoms with E-state index in [-0.39, 0.29) is 22.9 Å². The van der Waals surface area contributed by atoms with Crippen LogP contribution in [-0.2, 0) is 4.79 Å². The van der Waals surface area contributed by atoms with Gasteiger partial charge in [-0.3, -0.25) is 19.7 Å². The van der Waals surface area contributed by atoms with E-state index in [1.807, 2.05) is 0 Å². The van der Waals surface area contributed by atoms with Crippen LogP contribution in [0.4, 0.5) is 15.8 Å². The van der Waals surface area contributed by atoms with Crippen molar-refractivity contribution in [2.75, 3.05) is 18.1 Å². The molecule has 1 aliphatic heterocycles. The van der Waals surface area contributed by atoms with Gasteiger partial charge in [0.15, 0.2) is 18.1 Å². The summed E-state index contributed by atoms with van der Waals surface area (Å²) in [6, 6.07) is 9.19. The lowest BCUT2D eigenvalue weighted by Gasteiger charge is -2.16. The number of benzene rings is 2. The topological polar surface area (TPSA) is 89.8 Å². The summed E-state index contributed by atoms with van der Waals surface area (Å²) < 4.78 is 18.5. The molecule has 7 nitrogen and oxygen atoms in total. The third-order valence-corrected chi connectivity index (χ3v) is 4.03. The molecule has 2 aromatic carbocycles. The molecule has 1 aliphatic rings. The van der Waals surface area contributed by atoms with Gasteiger partial charge in [0.1, 0.15) is 5.82 Å². The van der Waals surface area contributed by atoms with Gasteiger partial charge < -0.3 is 9.64 Å². The summed E-state index contributed by atoms with van der Waals surface area (Å²) in [5.74, 6) is -1.25. The Kier molecular flexibility index (Phi) is 4.92. The number of Topliss-reactive ketones (excluding diaryl/α,β-unsaturated/α-hetero) is 1.